The highest BCUT2D eigenvalue weighted by Crippen LogP contribution is 2.36. The zero-order valence-corrected chi connectivity index (χ0v) is 17.4. The van der Waals surface area contributed by atoms with Crippen LogP contribution in [0.4, 0.5) is 4.79 Å². The average molecular weight is 403 g/mol. The number of carbonyl (C=O) groups is 3. The molecular formula is C20H26N4O3S. The van der Waals surface area contributed by atoms with Crippen molar-refractivity contribution in [3.63, 3.8) is 0 Å². The summed E-state index contributed by atoms with van der Waals surface area (Å²) in [7, 11) is 0. The van der Waals surface area contributed by atoms with E-state index in [-0.39, 0.29) is 23.8 Å². The molecule has 0 radical (unpaired) electrons. The molecule has 2 aliphatic heterocycles. The van der Waals surface area contributed by atoms with Gasteiger partial charge in [0.05, 0.1) is 11.2 Å². The van der Waals surface area contributed by atoms with Gasteiger partial charge in [0.15, 0.2) is 0 Å². The van der Waals surface area contributed by atoms with E-state index in [9.17, 15) is 14.4 Å². The molecule has 7 nitrogen and oxygen atoms in total. The van der Waals surface area contributed by atoms with E-state index in [2.05, 4.69) is 22.1 Å². The third kappa shape index (κ3) is 3.63. The van der Waals surface area contributed by atoms with Gasteiger partial charge in [-0.2, -0.15) is 0 Å². The Labute approximate surface area is 169 Å². The largest absolute Gasteiger partial charge is 0.332 e. The highest BCUT2D eigenvalue weighted by molar-refractivity contribution is 7.09. The highest BCUT2D eigenvalue weighted by Gasteiger charge is 2.54. The minimum absolute atomic E-state index is 0.0164. The molecule has 28 heavy (non-hydrogen) atoms. The van der Waals surface area contributed by atoms with Crippen LogP contribution in [0.3, 0.4) is 0 Å². The van der Waals surface area contributed by atoms with Crippen LogP contribution in [0, 0.1) is 24.7 Å². The number of nitrogens with zero attached hydrogens (tertiary/aromatic N) is 3. The molecule has 2 fully saturated rings. The van der Waals surface area contributed by atoms with E-state index in [0.29, 0.717) is 45.3 Å². The van der Waals surface area contributed by atoms with E-state index >= 15 is 0 Å². The van der Waals surface area contributed by atoms with Gasteiger partial charge in [-0.05, 0) is 44.9 Å². The number of likely N-dealkylation sites (tertiary alicyclic amines) is 1. The van der Waals surface area contributed by atoms with Crippen molar-refractivity contribution in [3.8, 4) is 11.8 Å². The van der Waals surface area contributed by atoms with Crippen molar-refractivity contribution in [3.05, 3.63) is 16.1 Å². The van der Waals surface area contributed by atoms with Gasteiger partial charge in [-0.1, -0.05) is 12.8 Å². The van der Waals surface area contributed by atoms with Gasteiger partial charge in [-0.25, -0.2) is 9.78 Å². The lowest BCUT2D eigenvalue weighted by atomic mass is 9.75. The van der Waals surface area contributed by atoms with Crippen molar-refractivity contribution < 1.29 is 14.4 Å². The maximum Gasteiger partial charge on any atom is 0.325 e. The van der Waals surface area contributed by atoms with E-state index in [1.807, 2.05) is 13.8 Å². The van der Waals surface area contributed by atoms with Crippen LogP contribution in [-0.4, -0.2) is 57.8 Å². The predicted octanol–water partition coefficient (Wildman–Crippen LogP) is 1.96. The Bertz CT molecular complexity index is 832. The first kappa shape index (κ1) is 20.3. The second kappa shape index (κ2) is 8.31. The van der Waals surface area contributed by atoms with Crippen LogP contribution in [0.1, 0.15) is 43.7 Å². The van der Waals surface area contributed by atoms with E-state index < -0.39 is 5.54 Å². The first-order chi connectivity index (χ1) is 13.4. The molecule has 2 saturated heterocycles. The van der Waals surface area contributed by atoms with Gasteiger partial charge >= 0.3 is 6.03 Å². The quantitative estimate of drug-likeness (QED) is 0.603. The lowest BCUT2D eigenvalue weighted by Crippen LogP contribution is -2.56. The molecule has 1 N–H and O–H groups in total. The van der Waals surface area contributed by atoms with Crippen LogP contribution in [0.5, 0.6) is 0 Å². The molecule has 0 aliphatic carbocycles. The molecule has 3 heterocycles. The zero-order chi connectivity index (χ0) is 20.3. The SMILES string of the molecule is CC#CC(=O)N1CCC(C2(CC)NC(=O)N(CCc3scnc3C)C2=O)CC1. The number of imide groups is 1. The molecule has 1 atom stereocenters. The number of amides is 4. The molecular weight excluding hydrogens is 376 g/mol. The fraction of sp³-hybridized carbons (Fsp3) is 0.600. The Balaban J connectivity index is 1.68. The predicted molar refractivity (Wildman–Crippen MR) is 107 cm³/mol. The Kier molecular flexibility index (Phi) is 6.04. The minimum Gasteiger partial charge on any atom is -0.332 e. The van der Waals surface area contributed by atoms with E-state index in [0.717, 1.165) is 10.6 Å². The number of nitrogens with one attached hydrogen (secondary N) is 1. The Morgan fingerprint density at radius 3 is 2.68 bits per heavy atom. The molecule has 1 aromatic rings. The normalized spacial score (nSPS) is 22.8. The third-order valence-corrected chi connectivity index (χ3v) is 6.87. The first-order valence-electron chi connectivity index (χ1n) is 9.67. The lowest BCUT2D eigenvalue weighted by molar-refractivity contribution is -0.134. The average Bonchev–Trinajstić information content (AvgIpc) is 3.21. The summed E-state index contributed by atoms with van der Waals surface area (Å²) in [4.78, 5) is 46.2. The molecule has 4 amide bonds. The first-order valence-corrected chi connectivity index (χ1v) is 10.6. The summed E-state index contributed by atoms with van der Waals surface area (Å²) < 4.78 is 0. The molecule has 0 bridgehead atoms. The van der Waals surface area contributed by atoms with Gasteiger partial charge in [0.1, 0.15) is 5.54 Å². The number of carbonyl (C=O) groups excluding carboxylic acids is 3. The lowest BCUT2D eigenvalue weighted by Gasteiger charge is -2.40. The van der Waals surface area contributed by atoms with Crippen LogP contribution in [0.15, 0.2) is 5.51 Å². The fourth-order valence-corrected chi connectivity index (χ4v) is 4.96. The van der Waals surface area contributed by atoms with Crippen LogP contribution in [-0.2, 0) is 16.0 Å². The number of piperidine rings is 1. The molecule has 0 saturated carbocycles. The van der Waals surface area contributed by atoms with Crippen molar-refractivity contribution >= 4 is 29.2 Å². The second-order valence-electron chi connectivity index (χ2n) is 7.26. The summed E-state index contributed by atoms with van der Waals surface area (Å²) >= 11 is 1.55. The van der Waals surface area contributed by atoms with Gasteiger partial charge < -0.3 is 10.2 Å². The second-order valence-corrected chi connectivity index (χ2v) is 8.20. The van der Waals surface area contributed by atoms with Crippen molar-refractivity contribution in [2.45, 2.75) is 52.0 Å². The van der Waals surface area contributed by atoms with E-state index in [4.69, 9.17) is 0 Å². The smallest absolute Gasteiger partial charge is 0.325 e. The summed E-state index contributed by atoms with van der Waals surface area (Å²) in [6.07, 6.45) is 2.52. The van der Waals surface area contributed by atoms with Gasteiger partial charge in [0.25, 0.3) is 11.8 Å². The van der Waals surface area contributed by atoms with Crippen LogP contribution in [0.2, 0.25) is 0 Å². The third-order valence-electron chi connectivity index (χ3n) is 5.88. The van der Waals surface area contributed by atoms with Gasteiger partial charge in [-0.3, -0.25) is 14.5 Å². The van der Waals surface area contributed by atoms with Crippen molar-refractivity contribution in [2.75, 3.05) is 19.6 Å². The summed E-state index contributed by atoms with van der Waals surface area (Å²) in [5.41, 5.74) is 1.86. The van der Waals surface area contributed by atoms with Crippen LogP contribution >= 0.6 is 11.3 Å². The molecule has 3 rings (SSSR count). The van der Waals surface area contributed by atoms with Crippen molar-refractivity contribution in [1.29, 1.82) is 0 Å². The molecule has 150 valence electrons. The fourth-order valence-electron chi connectivity index (χ4n) is 4.19. The monoisotopic (exact) mass is 402 g/mol. The molecule has 0 spiro atoms. The minimum atomic E-state index is -0.870. The molecule has 1 unspecified atom stereocenters. The zero-order valence-electron chi connectivity index (χ0n) is 16.6. The Morgan fingerprint density at radius 2 is 2.11 bits per heavy atom. The topological polar surface area (TPSA) is 82.6 Å². The Morgan fingerprint density at radius 1 is 1.39 bits per heavy atom. The summed E-state index contributed by atoms with van der Waals surface area (Å²) in [6, 6.07) is -0.315. The van der Waals surface area contributed by atoms with Crippen LogP contribution in [0.25, 0.3) is 0 Å². The number of rotatable bonds is 5. The van der Waals surface area contributed by atoms with Gasteiger partial charge in [0, 0.05) is 30.9 Å². The number of aryl methyl sites for hydroxylation is 1. The van der Waals surface area contributed by atoms with E-state index in [1.165, 1.54) is 4.90 Å². The van der Waals surface area contributed by atoms with Crippen molar-refractivity contribution in [1.82, 2.24) is 20.1 Å². The number of hydrogen-bond acceptors (Lipinski definition) is 5. The highest BCUT2D eigenvalue weighted by atomic mass is 32.1. The van der Waals surface area contributed by atoms with Gasteiger partial charge in [0.2, 0.25) is 0 Å². The van der Waals surface area contributed by atoms with Crippen LogP contribution < -0.4 is 5.32 Å². The van der Waals surface area contributed by atoms with E-state index in [1.54, 1.807) is 28.7 Å². The summed E-state index contributed by atoms with van der Waals surface area (Å²) in [6.45, 7) is 7.00. The van der Waals surface area contributed by atoms with Crippen molar-refractivity contribution in [2.24, 2.45) is 5.92 Å². The standard InChI is InChI=1S/C20H26N4O3S/c1-4-6-17(25)23-10-7-15(8-11-23)20(5-2)18(26)24(19(27)22-20)12-9-16-14(3)21-13-28-16/h13,15H,5,7-12H2,1-3H3,(H,22,27). The number of thiazole rings is 1. The van der Waals surface area contributed by atoms with Gasteiger partial charge in [-0.15, -0.1) is 11.3 Å². The summed E-state index contributed by atoms with van der Waals surface area (Å²) in [5.74, 6) is 4.91. The number of hydrogen-bond donors (Lipinski definition) is 1. The maximum absolute atomic E-state index is 13.3. The molecule has 2 aliphatic rings. The molecule has 0 aromatic carbocycles. The number of aromatic nitrogens is 1. The molecule has 8 heteroatoms. The molecule has 1 aromatic heterocycles. The Hall–Kier alpha value is -2.40. The maximum atomic E-state index is 13.3. The summed E-state index contributed by atoms with van der Waals surface area (Å²) in [5, 5.41) is 2.99. The number of urea groups is 1.